The van der Waals surface area contributed by atoms with Gasteiger partial charge in [-0.25, -0.2) is 4.98 Å². The lowest BCUT2D eigenvalue weighted by Gasteiger charge is -2.10. The molecule has 0 fully saturated rings. The van der Waals surface area contributed by atoms with Gasteiger partial charge in [0.15, 0.2) is 0 Å². The number of aromatic nitrogens is 1. The highest BCUT2D eigenvalue weighted by molar-refractivity contribution is 7.15. The lowest BCUT2D eigenvalue weighted by Crippen LogP contribution is -2.16. The third kappa shape index (κ3) is 2.77. The van der Waals surface area contributed by atoms with Crippen LogP contribution in [0.2, 0.25) is 4.34 Å². The van der Waals surface area contributed by atoms with Gasteiger partial charge < -0.3 is 0 Å². The summed E-state index contributed by atoms with van der Waals surface area (Å²) >= 11 is 7.27. The highest BCUT2D eigenvalue weighted by Crippen LogP contribution is 2.18. The predicted octanol–water partition coefficient (Wildman–Crippen LogP) is 2.25. The van der Waals surface area contributed by atoms with Crippen LogP contribution in [-0.4, -0.2) is 23.5 Å². The summed E-state index contributed by atoms with van der Waals surface area (Å²) < 4.78 is 0.768. The van der Waals surface area contributed by atoms with Crippen molar-refractivity contribution in [1.29, 1.82) is 0 Å². The van der Waals surface area contributed by atoms with Crippen molar-refractivity contribution in [2.45, 2.75) is 13.5 Å². The average Bonchev–Trinajstić information content (AvgIpc) is 2.35. The number of thiazole rings is 1. The molecule has 62 valence electrons. The lowest BCUT2D eigenvalue weighted by atomic mass is 10.5. The van der Waals surface area contributed by atoms with Crippen LogP contribution in [0.15, 0.2) is 6.20 Å². The standard InChI is InChI=1S/C7H11ClN2S/c1-3-10(2)5-7-9-4-6(8)11-7/h4H,3,5H2,1-2H3. The van der Waals surface area contributed by atoms with Crippen molar-refractivity contribution in [2.24, 2.45) is 0 Å². The molecule has 11 heavy (non-hydrogen) atoms. The molecule has 1 aromatic heterocycles. The summed E-state index contributed by atoms with van der Waals surface area (Å²) in [5.41, 5.74) is 0. The summed E-state index contributed by atoms with van der Waals surface area (Å²) in [5, 5.41) is 1.08. The predicted molar refractivity (Wildman–Crippen MR) is 49.1 cm³/mol. The van der Waals surface area contributed by atoms with E-state index >= 15 is 0 Å². The molecule has 0 radical (unpaired) electrons. The second-order valence-corrected chi connectivity index (χ2v) is 4.14. The second kappa shape index (κ2) is 4.04. The van der Waals surface area contributed by atoms with E-state index in [9.17, 15) is 0 Å². The molecule has 0 unspecified atom stereocenters. The van der Waals surface area contributed by atoms with Crippen molar-refractivity contribution in [3.63, 3.8) is 0 Å². The molecular formula is C7H11ClN2S. The maximum absolute atomic E-state index is 5.72. The molecule has 0 aliphatic rings. The number of nitrogens with zero attached hydrogens (tertiary/aromatic N) is 2. The summed E-state index contributed by atoms with van der Waals surface area (Å²) in [5.74, 6) is 0. The lowest BCUT2D eigenvalue weighted by molar-refractivity contribution is 0.345. The van der Waals surface area contributed by atoms with Gasteiger partial charge in [-0.3, -0.25) is 4.90 Å². The van der Waals surface area contributed by atoms with Crippen molar-refractivity contribution >= 4 is 22.9 Å². The first-order valence-electron chi connectivity index (χ1n) is 3.51. The maximum atomic E-state index is 5.72. The Kier molecular flexibility index (Phi) is 3.30. The van der Waals surface area contributed by atoms with Gasteiger partial charge in [-0.05, 0) is 13.6 Å². The molecule has 0 aliphatic carbocycles. The molecule has 0 saturated heterocycles. The van der Waals surface area contributed by atoms with Gasteiger partial charge in [0.1, 0.15) is 9.34 Å². The van der Waals surface area contributed by atoms with E-state index in [1.807, 2.05) is 0 Å². The molecule has 1 heterocycles. The molecule has 0 saturated carbocycles. The molecule has 0 N–H and O–H groups in total. The van der Waals surface area contributed by atoms with Crippen molar-refractivity contribution < 1.29 is 0 Å². The minimum atomic E-state index is 0.768. The highest BCUT2D eigenvalue weighted by atomic mass is 35.5. The molecule has 2 nitrogen and oxygen atoms in total. The summed E-state index contributed by atoms with van der Waals surface area (Å²) in [6.45, 7) is 4.06. The Balaban J connectivity index is 2.50. The van der Waals surface area contributed by atoms with E-state index in [0.717, 1.165) is 22.4 Å². The molecule has 0 atom stereocenters. The van der Waals surface area contributed by atoms with Crippen LogP contribution < -0.4 is 0 Å². The van der Waals surface area contributed by atoms with Crippen molar-refractivity contribution in [3.05, 3.63) is 15.5 Å². The van der Waals surface area contributed by atoms with Crippen LogP contribution >= 0.6 is 22.9 Å². The van der Waals surface area contributed by atoms with E-state index in [1.54, 1.807) is 17.5 Å². The van der Waals surface area contributed by atoms with E-state index in [-0.39, 0.29) is 0 Å². The molecular weight excluding hydrogens is 180 g/mol. The Morgan fingerprint density at radius 3 is 2.91 bits per heavy atom. The van der Waals surface area contributed by atoms with Crippen LogP contribution in [0.4, 0.5) is 0 Å². The van der Waals surface area contributed by atoms with E-state index in [4.69, 9.17) is 11.6 Å². The third-order valence-electron chi connectivity index (χ3n) is 1.47. The number of hydrogen-bond acceptors (Lipinski definition) is 3. The minimum absolute atomic E-state index is 0.768. The molecule has 4 heteroatoms. The van der Waals surface area contributed by atoms with Crippen LogP contribution in [0.3, 0.4) is 0 Å². The Morgan fingerprint density at radius 2 is 2.45 bits per heavy atom. The third-order valence-corrected chi connectivity index (χ3v) is 2.57. The fraction of sp³-hybridized carbons (Fsp3) is 0.571. The van der Waals surface area contributed by atoms with Gasteiger partial charge in [0.05, 0.1) is 12.7 Å². The molecule has 0 bridgehead atoms. The topological polar surface area (TPSA) is 16.1 Å². The maximum Gasteiger partial charge on any atom is 0.113 e. The van der Waals surface area contributed by atoms with E-state index in [0.29, 0.717) is 0 Å². The molecule has 0 aliphatic heterocycles. The van der Waals surface area contributed by atoms with Gasteiger partial charge >= 0.3 is 0 Å². The van der Waals surface area contributed by atoms with Crippen molar-refractivity contribution in [3.8, 4) is 0 Å². The van der Waals surface area contributed by atoms with Crippen LogP contribution in [-0.2, 0) is 6.54 Å². The fourth-order valence-electron chi connectivity index (χ4n) is 0.704. The van der Waals surface area contributed by atoms with Crippen LogP contribution in [0.5, 0.6) is 0 Å². The Labute approximate surface area is 75.8 Å². The van der Waals surface area contributed by atoms with Gasteiger partial charge in [-0.2, -0.15) is 0 Å². The first kappa shape index (κ1) is 8.97. The zero-order valence-electron chi connectivity index (χ0n) is 6.67. The largest absolute Gasteiger partial charge is 0.300 e. The van der Waals surface area contributed by atoms with Crippen molar-refractivity contribution in [1.82, 2.24) is 9.88 Å². The summed E-state index contributed by atoms with van der Waals surface area (Å²) in [6.07, 6.45) is 1.70. The second-order valence-electron chi connectivity index (χ2n) is 2.39. The SMILES string of the molecule is CCN(C)Cc1ncc(Cl)s1. The summed E-state index contributed by atoms with van der Waals surface area (Å²) in [7, 11) is 2.06. The summed E-state index contributed by atoms with van der Waals surface area (Å²) in [4.78, 5) is 6.34. The van der Waals surface area contributed by atoms with E-state index < -0.39 is 0 Å². The van der Waals surface area contributed by atoms with Crippen LogP contribution in [0.25, 0.3) is 0 Å². The molecule has 0 amide bonds. The highest BCUT2D eigenvalue weighted by Gasteiger charge is 2.01. The smallest absolute Gasteiger partial charge is 0.113 e. The zero-order chi connectivity index (χ0) is 8.27. The van der Waals surface area contributed by atoms with E-state index in [1.165, 1.54) is 0 Å². The van der Waals surface area contributed by atoms with Crippen LogP contribution in [0.1, 0.15) is 11.9 Å². The van der Waals surface area contributed by atoms with Gasteiger partial charge in [0, 0.05) is 0 Å². The zero-order valence-corrected chi connectivity index (χ0v) is 8.24. The first-order valence-corrected chi connectivity index (χ1v) is 4.70. The number of halogens is 1. The Hall–Kier alpha value is -0.120. The normalized spacial score (nSPS) is 10.9. The molecule has 1 rings (SSSR count). The van der Waals surface area contributed by atoms with Crippen LogP contribution in [0, 0.1) is 0 Å². The quantitative estimate of drug-likeness (QED) is 0.727. The molecule has 0 aromatic carbocycles. The molecule has 1 aromatic rings. The molecule has 0 spiro atoms. The Bertz CT molecular complexity index is 224. The summed E-state index contributed by atoms with van der Waals surface area (Å²) in [6, 6.07) is 0. The first-order chi connectivity index (χ1) is 5.22. The fourth-order valence-corrected chi connectivity index (χ4v) is 1.74. The average molecular weight is 191 g/mol. The van der Waals surface area contributed by atoms with Gasteiger partial charge in [0.25, 0.3) is 0 Å². The number of rotatable bonds is 3. The van der Waals surface area contributed by atoms with E-state index in [2.05, 4.69) is 23.9 Å². The van der Waals surface area contributed by atoms with Gasteiger partial charge in [0.2, 0.25) is 0 Å². The van der Waals surface area contributed by atoms with Crippen molar-refractivity contribution in [2.75, 3.05) is 13.6 Å². The van der Waals surface area contributed by atoms with Gasteiger partial charge in [-0.15, -0.1) is 11.3 Å². The Morgan fingerprint density at radius 1 is 1.73 bits per heavy atom. The van der Waals surface area contributed by atoms with Gasteiger partial charge in [-0.1, -0.05) is 18.5 Å². The monoisotopic (exact) mass is 190 g/mol. The minimum Gasteiger partial charge on any atom is -0.300 e. The number of hydrogen-bond donors (Lipinski definition) is 0.